The molecule has 0 spiro atoms. The Labute approximate surface area is 805 Å². The summed E-state index contributed by atoms with van der Waals surface area (Å²) in [5, 5.41) is 15.1. The molecule has 652 valence electrons. The van der Waals surface area contributed by atoms with E-state index in [4.69, 9.17) is 0 Å². The van der Waals surface area contributed by atoms with Crippen LogP contribution in [0, 0.1) is 0 Å². The van der Waals surface area contributed by atoms with Crippen LogP contribution < -0.4 is 14.7 Å². The van der Waals surface area contributed by atoms with Gasteiger partial charge in [-0.05, 0) is 236 Å². The van der Waals surface area contributed by atoms with Crippen LogP contribution in [0.3, 0.4) is 0 Å². The maximum Gasteiger partial charge on any atom is 0.0547 e. The van der Waals surface area contributed by atoms with Crippen LogP contribution in [0.1, 0.15) is 25.0 Å². The first kappa shape index (κ1) is 82.3. The first-order valence-electron chi connectivity index (χ1n) is 47.4. The summed E-state index contributed by atoms with van der Waals surface area (Å²) in [5.74, 6) is 0. The number of fused-ring (bicyclic) bond motifs is 17. The summed E-state index contributed by atoms with van der Waals surface area (Å²) in [4.78, 5) is 7.12. The molecule has 22 aromatic carbocycles. The number of hydrogen-bond donors (Lipinski definition) is 0. The van der Waals surface area contributed by atoms with E-state index >= 15 is 0 Å². The molecular weight excluding hydrogens is 1690 g/mol. The van der Waals surface area contributed by atoms with E-state index in [0.717, 1.165) is 62.6 Å². The van der Waals surface area contributed by atoms with Crippen LogP contribution in [0.15, 0.2) is 522 Å². The van der Waals surface area contributed by atoms with Gasteiger partial charge in [0.05, 0.1) is 44.5 Å². The maximum atomic E-state index is 2.44. The maximum absolute atomic E-state index is 2.44. The van der Waals surface area contributed by atoms with Crippen LogP contribution >= 0.6 is 11.3 Å². The van der Waals surface area contributed by atoms with Gasteiger partial charge in [-0.1, -0.05) is 366 Å². The fraction of sp³-hybridized carbons (Fsp3) is 0.0229. The molecule has 0 saturated carbocycles. The third-order valence-corrected chi connectivity index (χ3v) is 29.2. The Morgan fingerprint density at radius 3 is 1.17 bits per heavy atom. The largest absolute Gasteiger partial charge is 0.311 e. The van der Waals surface area contributed by atoms with E-state index in [9.17, 15) is 0 Å². The van der Waals surface area contributed by atoms with Crippen LogP contribution in [-0.2, 0) is 5.41 Å². The van der Waals surface area contributed by atoms with Crippen molar-refractivity contribution in [2.75, 3.05) is 14.7 Å². The molecule has 4 heterocycles. The van der Waals surface area contributed by atoms with Crippen LogP contribution in [0.4, 0.5) is 51.2 Å². The van der Waals surface area contributed by atoms with Gasteiger partial charge in [0.25, 0.3) is 0 Å². The highest BCUT2D eigenvalue weighted by Crippen LogP contribution is 2.53. The highest BCUT2D eigenvalue weighted by Gasteiger charge is 2.36. The number of hydrogen-bond acceptors (Lipinski definition) is 4. The Balaban J connectivity index is 0.000000110. The Morgan fingerprint density at radius 1 is 0.196 bits per heavy atom. The van der Waals surface area contributed by atoms with E-state index in [1.165, 1.54) is 168 Å². The average molecular weight is 1780 g/mol. The molecule has 0 atom stereocenters. The summed E-state index contributed by atoms with van der Waals surface area (Å²) in [5.41, 5.74) is 33.6. The minimum absolute atomic E-state index is 0.0766. The molecule has 0 fully saturated rings. The van der Waals surface area contributed by atoms with E-state index in [0.29, 0.717) is 0 Å². The fourth-order valence-electron chi connectivity index (χ4n) is 21.4. The molecule has 4 aromatic heterocycles. The van der Waals surface area contributed by atoms with Gasteiger partial charge in [0, 0.05) is 126 Å². The molecule has 0 bridgehead atoms. The summed E-state index contributed by atoms with van der Waals surface area (Å²) >= 11 is 1.88. The topological polar surface area (TPSA) is 24.5 Å². The number of benzene rings is 22. The second kappa shape index (κ2) is 34.8. The van der Waals surface area contributed by atoms with E-state index < -0.39 is 0 Å². The zero-order chi connectivity index (χ0) is 91.7. The van der Waals surface area contributed by atoms with Gasteiger partial charge in [-0.3, -0.25) is 0 Å². The van der Waals surface area contributed by atoms with Gasteiger partial charge in [-0.15, -0.1) is 11.3 Å². The summed E-state index contributed by atoms with van der Waals surface area (Å²) < 4.78 is 9.89. The Morgan fingerprint density at radius 2 is 0.580 bits per heavy atom. The molecule has 0 aliphatic heterocycles. The standard InChI is InChI=1S/C46H30N2S.C43H32N2.C42H30N2/c1-2-14-34(15-3-1)47(37-26-24-31-12-4-5-13-32(31)28-37)35-16-10-17-36(30-35)48-43-22-8-6-18-39(43)40-27-25-33(29-44(40)48)38-20-11-21-42-41-19-7-9-23-45(41)49-46(38)42;1-43(2)37-21-11-8-16-31(37)32-25-24-30(28-38(32)43)44(29-14-4-3-5-15-29)41-26-27-42(36-18-7-6-17-35(36)41)45-39-22-12-9-19-33(39)34-20-10-13-23-40(34)45;1-3-11-31(12-4-1)33-19-23-35(24-20-33)43(36-25-21-34(22-26-36)32-13-5-2-6-14-32)37-27-29-38(30-28-37)44-41-17-9-7-15-39(41)40-16-8-10-18-42(40)44/h1-30H;3-28H,1-2H3;1-30H. The molecule has 0 N–H and O–H groups in total. The predicted molar refractivity (Wildman–Crippen MR) is 588 cm³/mol. The lowest BCUT2D eigenvalue weighted by Crippen LogP contribution is -2.16. The van der Waals surface area contributed by atoms with Crippen molar-refractivity contribution in [2.45, 2.75) is 19.3 Å². The predicted octanol–water partition coefficient (Wildman–Crippen LogP) is 36.7. The van der Waals surface area contributed by atoms with Gasteiger partial charge >= 0.3 is 0 Å². The number of anilines is 9. The summed E-state index contributed by atoms with van der Waals surface area (Å²) in [6.45, 7) is 4.70. The van der Waals surface area contributed by atoms with Gasteiger partial charge in [0.15, 0.2) is 0 Å². The van der Waals surface area contributed by atoms with Crippen molar-refractivity contribution in [1.82, 2.24) is 13.7 Å². The minimum atomic E-state index is -0.0766. The second-order valence-electron chi connectivity index (χ2n) is 36.2. The minimum Gasteiger partial charge on any atom is -0.311 e. The molecule has 0 unspecified atom stereocenters. The Kier molecular flexibility index (Phi) is 20.7. The molecule has 26 aromatic rings. The van der Waals surface area contributed by atoms with Crippen LogP contribution in [0.25, 0.3) is 169 Å². The summed E-state index contributed by atoms with van der Waals surface area (Å²) in [6, 6.07) is 189. The molecule has 7 heteroatoms. The van der Waals surface area contributed by atoms with E-state index in [1.807, 2.05) is 11.3 Å². The third-order valence-electron chi connectivity index (χ3n) is 27.9. The fourth-order valence-corrected chi connectivity index (χ4v) is 22.7. The lowest BCUT2D eigenvalue weighted by atomic mass is 9.82. The van der Waals surface area contributed by atoms with Crippen molar-refractivity contribution >= 4 is 170 Å². The highest BCUT2D eigenvalue weighted by atomic mass is 32.1. The third kappa shape index (κ3) is 14.5. The summed E-state index contributed by atoms with van der Waals surface area (Å²) in [7, 11) is 0. The number of rotatable bonds is 15. The zero-order valence-electron chi connectivity index (χ0n) is 76.2. The molecule has 0 saturated heterocycles. The molecule has 0 amide bonds. The number of aromatic nitrogens is 3. The van der Waals surface area contributed by atoms with E-state index in [2.05, 4.69) is 564 Å². The number of thiophene rings is 1. The van der Waals surface area contributed by atoms with Crippen molar-refractivity contribution in [2.24, 2.45) is 0 Å². The van der Waals surface area contributed by atoms with Gasteiger partial charge in [0.2, 0.25) is 0 Å². The molecule has 27 rings (SSSR count). The van der Waals surface area contributed by atoms with Crippen molar-refractivity contribution in [3.05, 3.63) is 533 Å². The van der Waals surface area contributed by atoms with Gasteiger partial charge in [-0.25, -0.2) is 0 Å². The molecule has 6 nitrogen and oxygen atoms in total. The van der Waals surface area contributed by atoms with Crippen LogP contribution in [-0.4, -0.2) is 13.7 Å². The van der Waals surface area contributed by atoms with Crippen molar-refractivity contribution < 1.29 is 0 Å². The van der Waals surface area contributed by atoms with Crippen molar-refractivity contribution in [1.29, 1.82) is 0 Å². The van der Waals surface area contributed by atoms with E-state index in [-0.39, 0.29) is 5.41 Å². The number of nitrogens with zero attached hydrogens (tertiary/aromatic N) is 6. The molecule has 1 aliphatic rings. The SMILES string of the molecule is CC1(C)c2ccccc2-c2ccc(N(c3ccccc3)c3ccc(-n4c5ccccc5c5ccccc54)c4ccccc34)cc21.c1ccc(-c2ccc(N(c3ccc(-c4ccccc4)cc3)c3ccc(-n4c5ccccc5c5ccccc54)cc3)cc2)cc1.c1ccc(N(c2cccc(-n3c4ccccc4c4ccc(-c5cccc6c5sc5ccccc56)cc43)c2)c2ccc3ccccc3c2)cc1. The normalized spacial score (nSPS) is 12.0. The molecule has 0 radical (unpaired) electrons. The Bertz CT molecular complexity index is 8920. The molecule has 138 heavy (non-hydrogen) atoms. The first-order chi connectivity index (χ1) is 68.2. The van der Waals surface area contributed by atoms with Gasteiger partial charge in [0.1, 0.15) is 0 Å². The number of para-hydroxylation sites is 7. The van der Waals surface area contributed by atoms with Gasteiger partial charge < -0.3 is 28.4 Å². The lowest BCUT2D eigenvalue weighted by molar-refractivity contribution is 0.660. The van der Waals surface area contributed by atoms with Crippen LogP contribution in [0.5, 0.6) is 0 Å². The highest BCUT2D eigenvalue weighted by molar-refractivity contribution is 7.26. The monoisotopic (exact) mass is 1780 g/mol. The second-order valence-corrected chi connectivity index (χ2v) is 37.3. The zero-order valence-corrected chi connectivity index (χ0v) is 77.1. The Hall–Kier alpha value is -17.6. The quantitative estimate of drug-likeness (QED) is 0.102. The summed E-state index contributed by atoms with van der Waals surface area (Å²) in [6.07, 6.45) is 0. The van der Waals surface area contributed by atoms with Crippen molar-refractivity contribution in [3.8, 4) is 61.6 Å². The average Bonchev–Trinajstić information content (AvgIpc) is 1.59. The van der Waals surface area contributed by atoms with Crippen molar-refractivity contribution in [3.63, 3.8) is 0 Å². The van der Waals surface area contributed by atoms with Crippen LogP contribution in [0.2, 0.25) is 0 Å². The smallest absolute Gasteiger partial charge is 0.0547 e. The molecule has 1 aliphatic carbocycles. The van der Waals surface area contributed by atoms with E-state index in [1.54, 1.807) is 0 Å². The van der Waals surface area contributed by atoms with Gasteiger partial charge in [-0.2, -0.15) is 0 Å². The molecular formula is C131H92N6S. The lowest BCUT2D eigenvalue weighted by Gasteiger charge is -2.29. The first-order valence-corrected chi connectivity index (χ1v) is 48.2.